The number of nitrogens with zero attached hydrogens (tertiary/aromatic N) is 3. The number of hydrogen-bond acceptors (Lipinski definition) is 6. The highest BCUT2D eigenvalue weighted by atomic mass is 16.6. The summed E-state index contributed by atoms with van der Waals surface area (Å²) in [5.74, 6) is 1.74. The van der Waals surface area contributed by atoms with E-state index in [0.29, 0.717) is 24.9 Å². The fourth-order valence-electron chi connectivity index (χ4n) is 3.84. The molecule has 1 atom stereocenters. The van der Waals surface area contributed by atoms with Gasteiger partial charge >= 0.3 is 6.09 Å². The molecule has 184 valence electrons. The third-order valence-electron chi connectivity index (χ3n) is 5.61. The van der Waals surface area contributed by atoms with E-state index >= 15 is 0 Å². The molecule has 0 radical (unpaired) electrons. The first kappa shape index (κ1) is 25.5. The van der Waals surface area contributed by atoms with E-state index in [1.165, 1.54) is 6.42 Å². The molecular formula is C27H37N3O4. The molecule has 0 N–H and O–H groups in total. The number of likely N-dealkylation sites (tertiary alicyclic amines) is 1. The van der Waals surface area contributed by atoms with Gasteiger partial charge in [0.15, 0.2) is 0 Å². The van der Waals surface area contributed by atoms with Gasteiger partial charge in [-0.3, -0.25) is 4.90 Å². The molecule has 1 aliphatic rings. The molecule has 0 spiro atoms. The monoisotopic (exact) mass is 467 g/mol. The maximum absolute atomic E-state index is 12.6. The van der Waals surface area contributed by atoms with E-state index in [-0.39, 0.29) is 12.1 Å². The Bertz CT molecular complexity index is 1110. The van der Waals surface area contributed by atoms with Crippen LogP contribution >= 0.6 is 0 Å². The lowest BCUT2D eigenvalue weighted by molar-refractivity contribution is 0.0199. The number of amides is 1. The topological polar surface area (TPSA) is 77.7 Å². The van der Waals surface area contributed by atoms with Gasteiger partial charge < -0.3 is 14.0 Å². The summed E-state index contributed by atoms with van der Waals surface area (Å²) in [6.07, 6.45) is 8.61. The van der Waals surface area contributed by atoms with Gasteiger partial charge in [-0.2, -0.15) is 4.98 Å². The number of rotatable bonds is 8. The van der Waals surface area contributed by atoms with Gasteiger partial charge in [-0.25, -0.2) is 4.79 Å². The van der Waals surface area contributed by atoms with Gasteiger partial charge in [-0.15, -0.1) is 0 Å². The summed E-state index contributed by atoms with van der Waals surface area (Å²) in [6.45, 7) is 15.2. The number of allylic oxidation sites excluding steroid dienone is 2. The highest BCUT2D eigenvalue weighted by Gasteiger charge is 2.36. The van der Waals surface area contributed by atoms with E-state index in [4.69, 9.17) is 14.0 Å². The van der Waals surface area contributed by atoms with Gasteiger partial charge in [-0.1, -0.05) is 43.6 Å². The van der Waals surface area contributed by atoms with Gasteiger partial charge in [-0.05, 0) is 75.6 Å². The summed E-state index contributed by atoms with van der Waals surface area (Å²) in [6, 6.07) is 5.59. The van der Waals surface area contributed by atoms with E-state index in [2.05, 4.69) is 23.6 Å². The highest BCUT2D eigenvalue weighted by Crippen LogP contribution is 2.33. The van der Waals surface area contributed by atoms with Gasteiger partial charge in [0.05, 0.1) is 6.61 Å². The van der Waals surface area contributed by atoms with Crippen LogP contribution in [0.5, 0.6) is 0 Å². The van der Waals surface area contributed by atoms with E-state index in [9.17, 15) is 4.79 Å². The summed E-state index contributed by atoms with van der Waals surface area (Å²) < 4.78 is 17.0. The van der Waals surface area contributed by atoms with Crippen molar-refractivity contribution in [2.45, 2.75) is 78.4 Å². The quantitative estimate of drug-likeness (QED) is 0.397. The predicted octanol–water partition coefficient (Wildman–Crippen LogP) is 5.11. The van der Waals surface area contributed by atoms with Crippen LogP contribution in [0.3, 0.4) is 0 Å². The smallest absolute Gasteiger partial charge is 0.410 e. The fraction of sp³-hybridized carbons (Fsp3) is 0.519. The van der Waals surface area contributed by atoms with Crippen molar-refractivity contribution in [3.63, 3.8) is 0 Å². The molecule has 1 aromatic carbocycles. The van der Waals surface area contributed by atoms with Crippen molar-refractivity contribution in [3.05, 3.63) is 46.4 Å². The average Bonchev–Trinajstić information content (AvgIpc) is 3.45. The number of hydrogen-bond donors (Lipinski definition) is 0. The molecule has 0 bridgehead atoms. The number of carbonyl (C=O) groups is 1. The van der Waals surface area contributed by atoms with Crippen LogP contribution in [0.1, 0.15) is 78.7 Å². The summed E-state index contributed by atoms with van der Waals surface area (Å²) >= 11 is 0. The van der Waals surface area contributed by atoms with Crippen molar-refractivity contribution >= 4 is 18.7 Å². The van der Waals surface area contributed by atoms with E-state index in [1.54, 1.807) is 4.90 Å². The third-order valence-corrected chi connectivity index (χ3v) is 5.61. The van der Waals surface area contributed by atoms with Crippen molar-refractivity contribution in [1.29, 1.82) is 0 Å². The van der Waals surface area contributed by atoms with Crippen molar-refractivity contribution in [1.82, 2.24) is 15.0 Å². The average molecular weight is 468 g/mol. The number of carbonyl (C=O) groups excluding carboxylic acids is 1. The normalized spacial score (nSPS) is 17.3. The maximum atomic E-state index is 12.6. The van der Waals surface area contributed by atoms with Crippen LogP contribution in [0.4, 0.5) is 4.79 Å². The Morgan fingerprint density at radius 2 is 2.12 bits per heavy atom. The first-order chi connectivity index (χ1) is 16.2. The molecule has 1 aliphatic heterocycles. The molecule has 0 unspecified atom stereocenters. The SMILES string of the molecule is C=c1cc(-c2noc([C@@H]3CCCN3C(=O)OC(C)(C)C)n2)cc/c1=C/C(=C\C)OCCCCC. The zero-order valence-electron chi connectivity index (χ0n) is 21.1. The first-order valence-electron chi connectivity index (χ1n) is 12.1. The lowest BCUT2D eigenvalue weighted by atomic mass is 10.1. The Kier molecular flexibility index (Phi) is 8.53. The van der Waals surface area contributed by atoms with Crippen molar-refractivity contribution in [3.8, 4) is 11.4 Å². The van der Waals surface area contributed by atoms with Gasteiger partial charge in [0.25, 0.3) is 0 Å². The van der Waals surface area contributed by atoms with Crippen molar-refractivity contribution < 1.29 is 18.8 Å². The van der Waals surface area contributed by atoms with E-state index < -0.39 is 5.60 Å². The molecule has 0 saturated carbocycles. The minimum Gasteiger partial charge on any atom is -0.494 e. The molecule has 3 rings (SSSR count). The number of aromatic nitrogens is 2. The molecule has 1 aromatic heterocycles. The Morgan fingerprint density at radius 3 is 2.79 bits per heavy atom. The van der Waals surface area contributed by atoms with Crippen LogP contribution in [0.2, 0.25) is 0 Å². The molecule has 34 heavy (non-hydrogen) atoms. The van der Waals surface area contributed by atoms with Gasteiger partial charge in [0.1, 0.15) is 17.4 Å². The minimum atomic E-state index is -0.555. The highest BCUT2D eigenvalue weighted by molar-refractivity contribution is 5.69. The lowest BCUT2D eigenvalue weighted by Crippen LogP contribution is -2.36. The zero-order valence-corrected chi connectivity index (χ0v) is 21.1. The predicted molar refractivity (Wildman–Crippen MR) is 133 cm³/mol. The summed E-state index contributed by atoms with van der Waals surface area (Å²) in [4.78, 5) is 18.9. The minimum absolute atomic E-state index is 0.273. The molecule has 1 amide bonds. The Balaban J connectivity index is 1.75. The van der Waals surface area contributed by atoms with E-state index in [0.717, 1.165) is 47.4 Å². The zero-order chi connectivity index (χ0) is 24.7. The first-order valence-corrected chi connectivity index (χ1v) is 12.1. The molecule has 7 nitrogen and oxygen atoms in total. The molecule has 7 heteroatoms. The van der Waals surface area contributed by atoms with Crippen LogP contribution in [-0.2, 0) is 9.47 Å². The van der Waals surface area contributed by atoms with Crippen LogP contribution < -0.4 is 10.4 Å². The second-order valence-corrected chi connectivity index (χ2v) is 9.59. The molecule has 2 aromatic rings. The molecule has 0 aliphatic carbocycles. The van der Waals surface area contributed by atoms with Crippen LogP contribution in [0.15, 0.2) is 34.6 Å². The number of ether oxygens (including phenoxy) is 2. The number of unbranched alkanes of at least 4 members (excludes halogenated alkanes) is 2. The molecule has 1 saturated heterocycles. The largest absolute Gasteiger partial charge is 0.494 e. The lowest BCUT2D eigenvalue weighted by Gasteiger charge is -2.26. The van der Waals surface area contributed by atoms with E-state index in [1.807, 2.05) is 58.0 Å². The molecule has 2 heterocycles. The number of benzene rings is 1. The summed E-state index contributed by atoms with van der Waals surface area (Å²) in [5, 5.41) is 5.99. The standard InChI is InChI=1S/C27H37N3O4/c1-7-9-10-16-32-22(8-2)18-20-13-14-21(17-19(20)3)24-28-25(34-29-24)23-12-11-15-30(23)26(31)33-27(4,5)6/h8,13-14,17-18,23H,3,7,9-12,15-16H2,1-2,4-6H3/b20-18-,22-8+/t23-/m0/s1. The Hall–Kier alpha value is -3.09. The summed E-state index contributed by atoms with van der Waals surface area (Å²) in [5.41, 5.74) is 0.255. The Labute approximate surface area is 202 Å². The second-order valence-electron chi connectivity index (χ2n) is 9.59. The second kappa shape index (κ2) is 11.4. The molecule has 1 fully saturated rings. The van der Waals surface area contributed by atoms with Crippen LogP contribution in [0.25, 0.3) is 24.0 Å². The van der Waals surface area contributed by atoms with Crippen LogP contribution in [-0.4, -0.2) is 39.9 Å². The maximum Gasteiger partial charge on any atom is 0.410 e. The van der Waals surface area contributed by atoms with Crippen molar-refractivity contribution in [2.75, 3.05) is 13.2 Å². The van der Waals surface area contributed by atoms with Gasteiger partial charge in [0.2, 0.25) is 11.7 Å². The fourth-order valence-corrected chi connectivity index (χ4v) is 3.84. The van der Waals surface area contributed by atoms with Gasteiger partial charge in [0, 0.05) is 12.1 Å². The van der Waals surface area contributed by atoms with Crippen molar-refractivity contribution in [2.24, 2.45) is 0 Å². The molecular weight excluding hydrogens is 430 g/mol. The van der Waals surface area contributed by atoms with Crippen LogP contribution in [0, 0.1) is 0 Å². The third kappa shape index (κ3) is 6.72. The Morgan fingerprint density at radius 1 is 1.32 bits per heavy atom. The summed E-state index contributed by atoms with van der Waals surface area (Å²) in [7, 11) is 0.